The van der Waals surface area contributed by atoms with Crippen LogP contribution in [0.3, 0.4) is 0 Å². The molecule has 0 radical (unpaired) electrons. The first-order valence-electron chi connectivity index (χ1n) is 8.96. The number of nitrogens with one attached hydrogen (secondary N) is 2. The van der Waals surface area contributed by atoms with Crippen molar-refractivity contribution in [3.05, 3.63) is 65.4 Å². The van der Waals surface area contributed by atoms with Crippen molar-refractivity contribution in [2.24, 2.45) is 0 Å². The standard InChI is InChI=1S/C21H19N3O5/c1-27-18-9-12(15-10-19(25)23-20-16(15)11-22-24-20)6-7-17(18)29-14-5-3-4-13(8-14)21(26)28-2/h3-9,11,15H,10H2,1-2H3,(H2,22,23,24,25). The zero-order valence-electron chi connectivity index (χ0n) is 15.9. The zero-order valence-corrected chi connectivity index (χ0v) is 15.9. The Balaban J connectivity index is 1.63. The van der Waals surface area contributed by atoms with Gasteiger partial charge in [-0.1, -0.05) is 12.1 Å². The van der Waals surface area contributed by atoms with Crippen molar-refractivity contribution in [2.45, 2.75) is 12.3 Å². The number of ether oxygens (including phenoxy) is 3. The van der Waals surface area contributed by atoms with Crippen molar-refractivity contribution in [2.75, 3.05) is 19.5 Å². The number of aromatic amines is 1. The number of benzene rings is 2. The minimum Gasteiger partial charge on any atom is -0.493 e. The lowest BCUT2D eigenvalue weighted by molar-refractivity contribution is -0.116. The van der Waals surface area contributed by atoms with Crippen LogP contribution in [-0.4, -0.2) is 36.3 Å². The van der Waals surface area contributed by atoms with E-state index in [4.69, 9.17) is 14.2 Å². The average Bonchev–Trinajstić information content (AvgIpc) is 3.21. The molecule has 2 heterocycles. The van der Waals surface area contributed by atoms with Gasteiger partial charge in [0, 0.05) is 24.1 Å². The molecule has 4 rings (SSSR count). The van der Waals surface area contributed by atoms with Crippen molar-refractivity contribution in [1.29, 1.82) is 0 Å². The molecule has 0 aliphatic carbocycles. The summed E-state index contributed by atoms with van der Waals surface area (Å²) in [5.74, 6) is 1.37. The number of aromatic nitrogens is 2. The predicted molar refractivity (Wildman–Crippen MR) is 105 cm³/mol. The van der Waals surface area contributed by atoms with Gasteiger partial charge in [0.2, 0.25) is 5.91 Å². The topological polar surface area (TPSA) is 103 Å². The maximum absolute atomic E-state index is 12.0. The molecule has 1 aliphatic rings. The number of anilines is 1. The molecule has 0 fully saturated rings. The number of nitrogens with zero attached hydrogens (tertiary/aromatic N) is 1. The predicted octanol–water partition coefficient (Wildman–Crippen LogP) is 3.47. The highest BCUT2D eigenvalue weighted by Gasteiger charge is 2.29. The summed E-state index contributed by atoms with van der Waals surface area (Å²) in [6.07, 6.45) is 2.10. The van der Waals surface area contributed by atoms with Gasteiger partial charge < -0.3 is 19.5 Å². The van der Waals surface area contributed by atoms with Crippen LogP contribution >= 0.6 is 0 Å². The molecule has 3 aromatic rings. The van der Waals surface area contributed by atoms with Gasteiger partial charge in [-0.2, -0.15) is 5.10 Å². The van der Waals surface area contributed by atoms with Gasteiger partial charge in [0.25, 0.3) is 0 Å². The lowest BCUT2D eigenvalue weighted by atomic mass is 9.87. The van der Waals surface area contributed by atoms with Crippen LogP contribution in [0.5, 0.6) is 17.2 Å². The zero-order chi connectivity index (χ0) is 20.4. The fourth-order valence-electron chi connectivity index (χ4n) is 3.36. The number of amides is 1. The fourth-order valence-corrected chi connectivity index (χ4v) is 3.36. The molecule has 1 aliphatic heterocycles. The Bertz CT molecular complexity index is 1080. The first-order valence-corrected chi connectivity index (χ1v) is 8.96. The Hall–Kier alpha value is -3.81. The van der Waals surface area contributed by atoms with Gasteiger partial charge >= 0.3 is 5.97 Å². The van der Waals surface area contributed by atoms with E-state index >= 15 is 0 Å². The van der Waals surface area contributed by atoms with Crippen molar-refractivity contribution >= 4 is 17.7 Å². The molecular formula is C21H19N3O5. The van der Waals surface area contributed by atoms with E-state index in [0.29, 0.717) is 35.1 Å². The van der Waals surface area contributed by atoms with E-state index in [1.807, 2.05) is 12.1 Å². The van der Waals surface area contributed by atoms with Gasteiger partial charge in [-0.25, -0.2) is 4.79 Å². The molecule has 1 aromatic heterocycles. The highest BCUT2D eigenvalue weighted by Crippen LogP contribution is 2.40. The summed E-state index contributed by atoms with van der Waals surface area (Å²) in [5.41, 5.74) is 2.22. The van der Waals surface area contributed by atoms with E-state index in [2.05, 4.69) is 15.5 Å². The van der Waals surface area contributed by atoms with Crippen LogP contribution in [0, 0.1) is 0 Å². The molecule has 148 valence electrons. The van der Waals surface area contributed by atoms with Crippen molar-refractivity contribution in [3.8, 4) is 17.2 Å². The number of carbonyl (C=O) groups excluding carboxylic acids is 2. The first kappa shape index (κ1) is 18.5. The molecule has 29 heavy (non-hydrogen) atoms. The monoisotopic (exact) mass is 393 g/mol. The molecule has 0 saturated carbocycles. The summed E-state index contributed by atoms with van der Waals surface area (Å²) < 4.78 is 16.2. The molecule has 1 amide bonds. The SMILES string of the molecule is COC(=O)c1cccc(Oc2ccc(C3CC(=O)Nc4n[nH]cc43)cc2OC)c1. The van der Waals surface area contributed by atoms with E-state index in [0.717, 1.165) is 11.1 Å². The van der Waals surface area contributed by atoms with E-state index in [1.54, 1.807) is 43.6 Å². The van der Waals surface area contributed by atoms with E-state index in [-0.39, 0.29) is 11.8 Å². The van der Waals surface area contributed by atoms with Crippen LogP contribution in [0.4, 0.5) is 5.82 Å². The van der Waals surface area contributed by atoms with Gasteiger partial charge in [0.05, 0.1) is 19.8 Å². The minimum atomic E-state index is -0.441. The Morgan fingerprint density at radius 1 is 1.14 bits per heavy atom. The van der Waals surface area contributed by atoms with Crippen LogP contribution in [0.15, 0.2) is 48.7 Å². The van der Waals surface area contributed by atoms with Crippen LogP contribution in [0.25, 0.3) is 0 Å². The smallest absolute Gasteiger partial charge is 0.337 e. The Morgan fingerprint density at radius 3 is 2.79 bits per heavy atom. The minimum absolute atomic E-state index is 0.0893. The van der Waals surface area contributed by atoms with Crippen LogP contribution in [0.1, 0.15) is 33.8 Å². The van der Waals surface area contributed by atoms with Gasteiger partial charge in [0.1, 0.15) is 5.75 Å². The molecule has 8 heteroatoms. The average molecular weight is 393 g/mol. The Kier molecular flexibility index (Phi) is 4.90. The maximum atomic E-state index is 12.0. The van der Waals surface area contributed by atoms with Gasteiger partial charge in [-0.05, 0) is 35.9 Å². The number of fused-ring (bicyclic) bond motifs is 1. The summed E-state index contributed by atoms with van der Waals surface area (Å²) in [7, 11) is 2.88. The Morgan fingerprint density at radius 2 is 2.00 bits per heavy atom. The number of carbonyl (C=O) groups is 2. The van der Waals surface area contributed by atoms with Crippen molar-refractivity contribution in [3.63, 3.8) is 0 Å². The lowest BCUT2D eigenvalue weighted by Crippen LogP contribution is -2.22. The van der Waals surface area contributed by atoms with Crippen LogP contribution < -0.4 is 14.8 Å². The molecule has 0 saturated heterocycles. The normalized spacial score (nSPS) is 15.2. The second kappa shape index (κ2) is 7.67. The Labute approximate surface area is 166 Å². The van der Waals surface area contributed by atoms with Crippen molar-refractivity contribution in [1.82, 2.24) is 10.2 Å². The second-order valence-corrected chi connectivity index (χ2v) is 6.53. The molecule has 0 spiro atoms. The number of H-pyrrole nitrogens is 1. The maximum Gasteiger partial charge on any atom is 0.337 e. The molecule has 8 nitrogen and oxygen atoms in total. The summed E-state index contributed by atoms with van der Waals surface area (Å²) in [5, 5.41) is 9.63. The van der Waals surface area contributed by atoms with Crippen LogP contribution in [-0.2, 0) is 9.53 Å². The van der Waals surface area contributed by atoms with Gasteiger partial charge in [-0.3, -0.25) is 9.89 Å². The summed E-state index contributed by atoms with van der Waals surface area (Å²) in [6, 6.07) is 12.2. The molecule has 1 unspecified atom stereocenters. The molecular weight excluding hydrogens is 374 g/mol. The first-order chi connectivity index (χ1) is 14.1. The van der Waals surface area contributed by atoms with Crippen LogP contribution in [0.2, 0.25) is 0 Å². The number of methoxy groups -OCH3 is 2. The highest BCUT2D eigenvalue weighted by molar-refractivity contribution is 5.94. The largest absolute Gasteiger partial charge is 0.493 e. The summed E-state index contributed by atoms with van der Waals surface area (Å²) in [6.45, 7) is 0. The number of rotatable bonds is 5. The fraction of sp³-hybridized carbons (Fsp3) is 0.190. The second-order valence-electron chi connectivity index (χ2n) is 6.53. The molecule has 0 bridgehead atoms. The third kappa shape index (κ3) is 3.64. The molecule has 1 atom stereocenters. The number of esters is 1. The third-order valence-corrected chi connectivity index (χ3v) is 4.77. The van der Waals surface area contributed by atoms with E-state index in [9.17, 15) is 9.59 Å². The summed E-state index contributed by atoms with van der Waals surface area (Å²) >= 11 is 0. The van der Waals surface area contributed by atoms with E-state index < -0.39 is 5.97 Å². The molecule has 2 N–H and O–H groups in total. The number of hydrogen-bond donors (Lipinski definition) is 2. The van der Waals surface area contributed by atoms with Crippen molar-refractivity contribution < 1.29 is 23.8 Å². The quantitative estimate of drug-likeness (QED) is 0.644. The van der Waals surface area contributed by atoms with Gasteiger partial charge in [-0.15, -0.1) is 0 Å². The van der Waals surface area contributed by atoms with E-state index in [1.165, 1.54) is 7.11 Å². The molecule has 2 aromatic carbocycles. The third-order valence-electron chi connectivity index (χ3n) is 4.77. The van der Waals surface area contributed by atoms with Gasteiger partial charge in [0.15, 0.2) is 17.3 Å². The summed E-state index contributed by atoms with van der Waals surface area (Å²) in [4.78, 5) is 23.7. The highest BCUT2D eigenvalue weighted by atomic mass is 16.5. The number of hydrogen-bond acceptors (Lipinski definition) is 6. The lowest BCUT2D eigenvalue weighted by Gasteiger charge is -2.23.